The van der Waals surface area contributed by atoms with Crippen LogP contribution in [0.15, 0.2) is 42.7 Å². The van der Waals surface area contributed by atoms with Gasteiger partial charge in [-0.2, -0.15) is 0 Å². The summed E-state index contributed by atoms with van der Waals surface area (Å²) in [5.41, 5.74) is 3.99. The molecule has 0 bridgehead atoms. The average Bonchev–Trinajstić information content (AvgIpc) is 2.38. The first-order valence-electron chi connectivity index (χ1n) is 6.27. The Kier molecular flexibility index (Phi) is 3.95. The Hall–Kier alpha value is -2.16. The fraction of sp³-hybridized carbons (Fsp3) is 0.250. The van der Waals surface area contributed by atoms with Crippen LogP contribution in [-0.4, -0.2) is 16.1 Å². The first kappa shape index (κ1) is 13.3. The number of aryl methyl sites for hydroxylation is 2. The van der Waals surface area contributed by atoms with E-state index in [-0.39, 0.29) is 0 Å². The Bertz CT molecular complexity index is 579. The van der Waals surface area contributed by atoms with Gasteiger partial charge in [0.25, 0.3) is 0 Å². The summed E-state index contributed by atoms with van der Waals surface area (Å²) in [7, 11) is 0. The van der Waals surface area contributed by atoms with E-state index in [2.05, 4.69) is 4.98 Å². The molecule has 0 saturated heterocycles. The van der Waals surface area contributed by atoms with Crippen molar-refractivity contribution in [3.8, 4) is 0 Å². The molecule has 0 fully saturated rings. The molecule has 0 aliphatic rings. The summed E-state index contributed by atoms with van der Waals surface area (Å²) >= 11 is 0. The van der Waals surface area contributed by atoms with E-state index in [4.69, 9.17) is 0 Å². The molecule has 0 saturated carbocycles. The van der Waals surface area contributed by atoms with Gasteiger partial charge >= 0.3 is 5.97 Å². The fourth-order valence-corrected chi connectivity index (χ4v) is 2.30. The normalized spacial score (nSPS) is 12.1. The van der Waals surface area contributed by atoms with Gasteiger partial charge < -0.3 is 5.11 Å². The van der Waals surface area contributed by atoms with Crippen molar-refractivity contribution in [2.75, 3.05) is 0 Å². The van der Waals surface area contributed by atoms with E-state index in [1.807, 2.05) is 44.2 Å². The molecule has 1 atom stereocenters. The molecule has 1 aromatic carbocycles. The van der Waals surface area contributed by atoms with Crippen LogP contribution in [0.4, 0.5) is 0 Å². The molecular formula is C16H17NO2. The van der Waals surface area contributed by atoms with Crippen molar-refractivity contribution in [2.24, 2.45) is 0 Å². The van der Waals surface area contributed by atoms with Gasteiger partial charge in [-0.25, -0.2) is 0 Å². The maximum absolute atomic E-state index is 11.5. The summed E-state index contributed by atoms with van der Waals surface area (Å²) in [5, 5.41) is 9.46. The van der Waals surface area contributed by atoms with E-state index in [0.717, 1.165) is 22.3 Å². The van der Waals surface area contributed by atoms with Gasteiger partial charge in [-0.1, -0.05) is 29.8 Å². The molecule has 2 aromatic rings. The topological polar surface area (TPSA) is 50.2 Å². The first-order valence-corrected chi connectivity index (χ1v) is 6.27. The summed E-state index contributed by atoms with van der Waals surface area (Å²) < 4.78 is 0. The number of carboxylic acid groups (broad SMARTS) is 1. The minimum absolute atomic E-state index is 0.465. The zero-order chi connectivity index (χ0) is 13.8. The molecule has 0 radical (unpaired) electrons. The quantitative estimate of drug-likeness (QED) is 0.913. The third-order valence-electron chi connectivity index (χ3n) is 3.26. The highest BCUT2D eigenvalue weighted by Crippen LogP contribution is 2.25. The van der Waals surface area contributed by atoms with Crippen molar-refractivity contribution >= 4 is 5.97 Å². The molecule has 2 rings (SSSR count). The summed E-state index contributed by atoms with van der Waals surface area (Å²) in [5.74, 6) is -1.32. The van der Waals surface area contributed by atoms with Crippen molar-refractivity contribution in [1.82, 2.24) is 4.98 Å². The molecular weight excluding hydrogens is 238 g/mol. The van der Waals surface area contributed by atoms with Gasteiger partial charge in [0.15, 0.2) is 0 Å². The van der Waals surface area contributed by atoms with Gasteiger partial charge in [0, 0.05) is 12.4 Å². The summed E-state index contributed by atoms with van der Waals surface area (Å²) in [6.45, 7) is 3.97. The Morgan fingerprint density at radius 2 is 2.11 bits per heavy atom. The maximum atomic E-state index is 11.5. The number of pyridine rings is 1. The van der Waals surface area contributed by atoms with E-state index >= 15 is 0 Å². The number of carboxylic acids is 1. The summed E-state index contributed by atoms with van der Waals surface area (Å²) in [6, 6.07) is 9.64. The van der Waals surface area contributed by atoms with Crippen LogP contribution in [0.5, 0.6) is 0 Å². The standard InChI is InChI=1S/C16H17NO2/c1-11-5-6-14(12(2)8-11)15(16(18)19)9-13-4-3-7-17-10-13/h3-8,10,15H,9H2,1-2H3,(H,18,19). The van der Waals surface area contributed by atoms with Crippen LogP contribution in [0.3, 0.4) is 0 Å². The number of benzene rings is 1. The molecule has 3 heteroatoms. The number of hydrogen-bond donors (Lipinski definition) is 1. The van der Waals surface area contributed by atoms with E-state index in [1.54, 1.807) is 12.4 Å². The van der Waals surface area contributed by atoms with Gasteiger partial charge in [0.2, 0.25) is 0 Å². The lowest BCUT2D eigenvalue weighted by atomic mass is 9.89. The highest BCUT2D eigenvalue weighted by atomic mass is 16.4. The van der Waals surface area contributed by atoms with Gasteiger partial charge in [0.1, 0.15) is 0 Å². The molecule has 0 spiro atoms. The Balaban J connectivity index is 2.33. The van der Waals surface area contributed by atoms with Gasteiger partial charge in [-0.3, -0.25) is 9.78 Å². The SMILES string of the molecule is Cc1ccc(C(Cc2cccnc2)C(=O)O)c(C)c1. The zero-order valence-corrected chi connectivity index (χ0v) is 11.1. The van der Waals surface area contributed by atoms with Crippen LogP contribution in [0.25, 0.3) is 0 Å². The number of rotatable bonds is 4. The van der Waals surface area contributed by atoms with Crippen LogP contribution < -0.4 is 0 Å². The van der Waals surface area contributed by atoms with Gasteiger partial charge in [-0.15, -0.1) is 0 Å². The second kappa shape index (κ2) is 5.65. The maximum Gasteiger partial charge on any atom is 0.311 e. The zero-order valence-electron chi connectivity index (χ0n) is 11.1. The average molecular weight is 255 g/mol. The third kappa shape index (κ3) is 3.19. The number of hydrogen-bond acceptors (Lipinski definition) is 2. The molecule has 1 heterocycles. The van der Waals surface area contributed by atoms with E-state index in [1.165, 1.54) is 0 Å². The Morgan fingerprint density at radius 1 is 1.32 bits per heavy atom. The van der Waals surface area contributed by atoms with E-state index in [9.17, 15) is 9.90 Å². The number of carbonyl (C=O) groups is 1. The monoisotopic (exact) mass is 255 g/mol. The first-order chi connectivity index (χ1) is 9.08. The molecule has 3 nitrogen and oxygen atoms in total. The lowest BCUT2D eigenvalue weighted by Gasteiger charge is -2.15. The number of aromatic nitrogens is 1. The van der Waals surface area contributed by atoms with Crippen molar-refractivity contribution in [1.29, 1.82) is 0 Å². The predicted octanol–water partition coefficient (Wildman–Crippen LogP) is 3.11. The van der Waals surface area contributed by atoms with Crippen molar-refractivity contribution in [3.05, 3.63) is 65.0 Å². The van der Waals surface area contributed by atoms with Crippen molar-refractivity contribution in [3.63, 3.8) is 0 Å². The van der Waals surface area contributed by atoms with Crippen molar-refractivity contribution in [2.45, 2.75) is 26.2 Å². The van der Waals surface area contributed by atoms with Crippen LogP contribution in [0, 0.1) is 13.8 Å². The lowest BCUT2D eigenvalue weighted by Crippen LogP contribution is -2.15. The van der Waals surface area contributed by atoms with Gasteiger partial charge in [0.05, 0.1) is 5.92 Å². The van der Waals surface area contributed by atoms with Crippen molar-refractivity contribution < 1.29 is 9.90 Å². The van der Waals surface area contributed by atoms with Crippen LogP contribution in [0.2, 0.25) is 0 Å². The van der Waals surface area contributed by atoms with Crippen LogP contribution in [-0.2, 0) is 11.2 Å². The second-order valence-corrected chi connectivity index (χ2v) is 4.82. The molecule has 1 N–H and O–H groups in total. The minimum atomic E-state index is -0.796. The van der Waals surface area contributed by atoms with E-state index < -0.39 is 11.9 Å². The molecule has 0 aliphatic heterocycles. The van der Waals surface area contributed by atoms with Crippen LogP contribution in [0.1, 0.15) is 28.2 Å². The van der Waals surface area contributed by atoms with Crippen LogP contribution >= 0.6 is 0 Å². The highest BCUT2D eigenvalue weighted by molar-refractivity contribution is 5.77. The van der Waals surface area contributed by atoms with Gasteiger partial charge in [-0.05, 0) is 43.0 Å². The van der Waals surface area contributed by atoms with E-state index in [0.29, 0.717) is 6.42 Å². The second-order valence-electron chi connectivity index (χ2n) is 4.82. The fourth-order valence-electron chi connectivity index (χ4n) is 2.30. The largest absolute Gasteiger partial charge is 0.481 e. The summed E-state index contributed by atoms with van der Waals surface area (Å²) in [6.07, 6.45) is 3.88. The number of aliphatic carboxylic acids is 1. The summed E-state index contributed by atoms with van der Waals surface area (Å²) in [4.78, 5) is 15.6. The lowest BCUT2D eigenvalue weighted by molar-refractivity contribution is -0.138. The molecule has 0 aliphatic carbocycles. The predicted molar refractivity (Wildman–Crippen MR) is 74.2 cm³/mol. The Labute approximate surface area is 112 Å². The molecule has 19 heavy (non-hydrogen) atoms. The third-order valence-corrected chi connectivity index (χ3v) is 3.26. The molecule has 98 valence electrons. The molecule has 0 amide bonds. The molecule has 1 unspecified atom stereocenters. The molecule has 1 aromatic heterocycles. The smallest absolute Gasteiger partial charge is 0.311 e. The number of nitrogens with zero attached hydrogens (tertiary/aromatic N) is 1. The Morgan fingerprint density at radius 3 is 2.68 bits per heavy atom. The highest BCUT2D eigenvalue weighted by Gasteiger charge is 2.22. The minimum Gasteiger partial charge on any atom is -0.481 e.